The van der Waals surface area contributed by atoms with Crippen molar-refractivity contribution in [3.05, 3.63) is 23.8 Å². The minimum Gasteiger partial charge on any atom is -0.493 e. The number of piperidine rings is 1. The van der Waals surface area contributed by atoms with Gasteiger partial charge in [-0.05, 0) is 50.4 Å². The van der Waals surface area contributed by atoms with Crippen LogP contribution in [0.1, 0.15) is 25.3 Å². The fourth-order valence-corrected chi connectivity index (χ4v) is 2.90. The standard InChI is InChI=1S/C17H26N2O3/c1-12-14(5-4-9-18-12)17(20)19-10-8-13-6-7-15(21-2)16(11-13)22-3/h6-7,11-12,14,18H,4-5,8-10H2,1-3H3,(H,19,20). The first-order valence-corrected chi connectivity index (χ1v) is 7.87. The molecule has 5 heteroatoms. The van der Waals surface area contributed by atoms with E-state index in [1.165, 1.54) is 0 Å². The van der Waals surface area contributed by atoms with Crippen molar-refractivity contribution < 1.29 is 14.3 Å². The van der Waals surface area contributed by atoms with E-state index in [4.69, 9.17) is 9.47 Å². The van der Waals surface area contributed by atoms with Crippen molar-refractivity contribution >= 4 is 5.91 Å². The molecule has 0 radical (unpaired) electrons. The zero-order valence-electron chi connectivity index (χ0n) is 13.6. The Morgan fingerprint density at radius 2 is 2.09 bits per heavy atom. The average Bonchev–Trinajstić information content (AvgIpc) is 2.55. The largest absolute Gasteiger partial charge is 0.493 e. The van der Waals surface area contributed by atoms with E-state index >= 15 is 0 Å². The molecule has 1 saturated heterocycles. The van der Waals surface area contributed by atoms with Gasteiger partial charge in [-0.2, -0.15) is 0 Å². The Balaban J connectivity index is 1.84. The Bertz CT molecular complexity index is 505. The van der Waals surface area contributed by atoms with Crippen LogP contribution in [0.25, 0.3) is 0 Å². The molecule has 1 aromatic rings. The van der Waals surface area contributed by atoms with Crippen LogP contribution in [0.15, 0.2) is 18.2 Å². The highest BCUT2D eigenvalue weighted by molar-refractivity contribution is 5.79. The lowest BCUT2D eigenvalue weighted by Crippen LogP contribution is -2.47. The smallest absolute Gasteiger partial charge is 0.224 e. The average molecular weight is 306 g/mol. The third-order valence-corrected chi connectivity index (χ3v) is 4.26. The summed E-state index contributed by atoms with van der Waals surface area (Å²) in [6.45, 7) is 3.73. The minimum atomic E-state index is 0.0825. The van der Waals surface area contributed by atoms with E-state index in [1.807, 2.05) is 18.2 Å². The van der Waals surface area contributed by atoms with Crippen LogP contribution in [0.5, 0.6) is 11.5 Å². The molecule has 2 atom stereocenters. The highest BCUT2D eigenvalue weighted by Gasteiger charge is 2.26. The van der Waals surface area contributed by atoms with Crippen molar-refractivity contribution in [1.82, 2.24) is 10.6 Å². The van der Waals surface area contributed by atoms with Crippen molar-refractivity contribution in [2.24, 2.45) is 5.92 Å². The fraction of sp³-hybridized carbons (Fsp3) is 0.588. The van der Waals surface area contributed by atoms with Crippen molar-refractivity contribution in [3.8, 4) is 11.5 Å². The highest BCUT2D eigenvalue weighted by Crippen LogP contribution is 2.27. The monoisotopic (exact) mass is 306 g/mol. The molecule has 0 saturated carbocycles. The lowest BCUT2D eigenvalue weighted by atomic mass is 9.91. The molecule has 1 aromatic carbocycles. The van der Waals surface area contributed by atoms with Gasteiger partial charge in [0, 0.05) is 12.6 Å². The fourth-order valence-electron chi connectivity index (χ4n) is 2.90. The number of rotatable bonds is 6. The summed E-state index contributed by atoms with van der Waals surface area (Å²) < 4.78 is 10.5. The summed E-state index contributed by atoms with van der Waals surface area (Å²) in [6.07, 6.45) is 2.81. The van der Waals surface area contributed by atoms with Crippen LogP contribution in [0.4, 0.5) is 0 Å². The summed E-state index contributed by atoms with van der Waals surface area (Å²) in [5.41, 5.74) is 1.12. The number of amides is 1. The first-order chi connectivity index (χ1) is 10.7. The summed E-state index contributed by atoms with van der Waals surface area (Å²) in [5.74, 6) is 1.67. The van der Waals surface area contributed by atoms with Crippen LogP contribution in [-0.4, -0.2) is 39.3 Å². The lowest BCUT2D eigenvalue weighted by Gasteiger charge is -2.28. The number of carbonyl (C=O) groups excluding carboxylic acids is 1. The van der Waals surface area contributed by atoms with Gasteiger partial charge in [0.05, 0.1) is 20.1 Å². The van der Waals surface area contributed by atoms with Gasteiger partial charge in [-0.25, -0.2) is 0 Å². The second kappa shape index (κ2) is 8.03. The normalized spacial score (nSPS) is 21.2. The second-order valence-corrected chi connectivity index (χ2v) is 5.72. The van der Waals surface area contributed by atoms with Gasteiger partial charge in [-0.3, -0.25) is 4.79 Å². The van der Waals surface area contributed by atoms with Crippen LogP contribution in [0.2, 0.25) is 0 Å². The zero-order chi connectivity index (χ0) is 15.9. The molecule has 1 aliphatic rings. The molecule has 0 spiro atoms. The van der Waals surface area contributed by atoms with Crippen LogP contribution < -0.4 is 20.1 Å². The Kier molecular flexibility index (Phi) is 6.07. The molecule has 1 amide bonds. The molecule has 2 rings (SSSR count). The van der Waals surface area contributed by atoms with Gasteiger partial charge in [0.1, 0.15) is 0 Å². The highest BCUT2D eigenvalue weighted by atomic mass is 16.5. The van der Waals surface area contributed by atoms with Crippen molar-refractivity contribution in [3.63, 3.8) is 0 Å². The predicted molar refractivity (Wildman–Crippen MR) is 86.4 cm³/mol. The van der Waals surface area contributed by atoms with Crippen LogP contribution in [-0.2, 0) is 11.2 Å². The maximum atomic E-state index is 12.2. The number of hydrogen-bond donors (Lipinski definition) is 2. The van der Waals surface area contributed by atoms with Gasteiger partial charge in [-0.15, -0.1) is 0 Å². The molecular formula is C17H26N2O3. The summed E-state index contributed by atoms with van der Waals surface area (Å²) in [7, 11) is 3.25. The van der Waals surface area contributed by atoms with Gasteiger partial charge >= 0.3 is 0 Å². The van der Waals surface area contributed by atoms with Gasteiger partial charge < -0.3 is 20.1 Å². The molecule has 122 valence electrons. The molecule has 0 bridgehead atoms. The van der Waals surface area contributed by atoms with Crippen molar-refractivity contribution in [2.75, 3.05) is 27.3 Å². The Labute approximate surface area is 132 Å². The first kappa shape index (κ1) is 16.6. The predicted octanol–water partition coefficient (Wildman–Crippen LogP) is 1.75. The SMILES string of the molecule is COc1ccc(CCNC(=O)C2CCCNC2C)cc1OC. The van der Waals surface area contributed by atoms with E-state index in [0.717, 1.165) is 42.9 Å². The number of nitrogens with one attached hydrogen (secondary N) is 2. The van der Waals surface area contributed by atoms with Gasteiger partial charge in [-0.1, -0.05) is 6.07 Å². The lowest BCUT2D eigenvalue weighted by molar-refractivity contribution is -0.126. The first-order valence-electron chi connectivity index (χ1n) is 7.87. The Morgan fingerprint density at radius 1 is 1.32 bits per heavy atom. The van der Waals surface area contributed by atoms with E-state index in [9.17, 15) is 4.79 Å². The van der Waals surface area contributed by atoms with E-state index in [-0.39, 0.29) is 17.9 Å². The van der Waals surface area contributed by atoms with Gasteiger partial charge in [0.15, 0.2) is 11.5 Å². The maximum Gasteiger partial charge on any atom is 0.224 e. The maximum absolute atomic E-state index is 12.2. The molecule has 1 heterocycles. The third-order valence-electron chi connectivity index (χ3n) is 4.26. The summed E-state index contributed by atoms with van der Waals surface area (Å²) in [5, 5.41) is 6.40. The number of benzene rings is 1. The molecule has 0 aliphatic carbocycles. The molecule has 22 heavy (non-hydrogen) atoms. The summed E-state index contributed by atoms with van der Waals surface area (Å²) in [4.78, 5) is 12.2. The van der Waals surface area contributed by atoms with Crippen LogP contribution in [0.3, 0.4) is 0 Å². The molecule has 5 nitrogen and oxygen atoms in total. The summed E-state index contributed by atoms with van der Waals surface area (Å²) >= 11 is 0. The van der Waals surface area contributed by atoms with E-state index < -0.39 is 0 Å². The summed E-state index contributed by atoms with van der Waals surface area (Å²) in [6, 6.07) is 6.10. The van der Waals surface area contributed by atoms with E-state index in [2.05, 4.69) is 17.6 Å². The van der Waals surface area contributed by atoms with Crippen molar-refractivity contribution in [2.45, 2.75) is 32.2 Å². The number of ether oxygens (including phenoxy) is 2. The third kappa shape index (κ3) is 4.13. The number of carbonyl (C=O) groups is 1. The van der Waals surface area contributed by atoms with Gasteiger partial charge in [0.25, 0.3) is 0 Å². The van der Waals surface area contributed by atoms with Crippen molar-refractivity contribution in [1.29, 1.82) is 0 Å². The topological polar surface area (TPSA) is 59.6 Å². The molecular weight excluding hydrogens is 280 g/mol. The molecule has 1 aliphatic heterocycles. The molecule has 0 aromatic heterocycles. The molecule has 1 fully saturated rings. The Morgan fingerprint density at radius 3 is 2.77 bits per heavy atom. The zero-order valence-corrected chi connectivity index (χ0v) is 13.6. The second-order valence-electron chi connectivity index (χ2n) is 5.72. The number of hydrogen-bond acceptors (Lipinski definition) is 4. The van der Waals surface area contributed by atoms with Gasteiger partial charge in [0.2, 0.25) is 5.91 Å². The van der Waals surface area contributed by atoms with Crippen LogP contribution in [0, 0.1) is 5.92 Å². The Hall–Kier alpha value is -1.75. The molecule has 2 unspecified atom stereocenters. The van der Waals surface area contributed by atoms with E-state index in [1.54, 1.807) is 14.2 Å². The van der Waals surface area contributed by atoms with E-state index in [0.29, 0.717) is 6.54 Å². The minimum absolute atomic E-state index is 0.0825. The number of methoxy groups -OCH3 is 2. The quantitative estimate of drug-likeness (QED) is 0.840. The van der Waals surface area contributed by atoms with Crippen LogP contribution >= 0.6 is 0 Å². The molecule has 2 N–H and O–H groups in total.